The molecule has 0 aromatic carbocycles. The number of nitrogens with one attached hydrogen (secondary N) is 1. The number of carbonyl (C=O) groups is 4. The summed E-state index contributed by atoms with van der Waals surface area (Å²) in [6.07, 6.45) is 4.86. The Morgan fingerprint density at radius 2 is 2.06 bits per heavy atom. The molecule has 0 radical (unpaired) electrons. The predicted molar refractivity (Wildman–Crippen MR) is 125 cm³/mol. The maximum atomic E-state index is 13.0. The molecule has 4 N–H and O–H groups in total. The van der Waals surface area contributed by atoms with Crippen molar-refractivity contribution in [3.8, 4) is 0 Å². The van der Waals surface area contributed by atoms with Gasteiger partial charge in [-0.3, -0.25) is 14.5 Å². The minimum atomic E-state index is -1.22. The van der Waals surface area contributed by atoms with Crippen molar-refractivity contribution in [3.05, 3.63) is 17.6 Å². The Morgan fingerprint density at radius 3 is 2.71 bits per heavy atom. The molecule has 3 heterocycles. The van der Waals surface area contributed by atoms with E-state index < -0.39 is 41.3 Å². The van der Waals surface area contributed by atoms with Crippen LogP contribution in [0.3, 0.4) is 0 Å². The van der Waals surface area contributed by atoms with Crippen LogP contribution in [-0.2, 0) is 28.8 Å². The molecule has 1 aromatic rings. The Kier molecular flexibility index (Phi) is 7.54. The van der Waals surface area contributed by atoms with Crippen molar-refractivity contribution >= 4 is 57.9 Å². The van der Waals surface area contributed by atoms with E-state index >= 15 is 0 Å². The van der Waals surface area contributed by atoms with Crippen LogP contribution in [0.25, 0.3) is 0 Å². The lowest BCUT2D eigenvalue weighted by Crippen LogP contribution is -2.70. The van der Waals surface area contributed by atoms with Crippen molar-refractivity contribution in [2.75, 3.05) is 11.5 Å². The number of nitrogen functional groups attached to an aromatic ring is 1. The Bertz CT molecular complexity index is 1080. The van der Waals surface area contributed by atoms with Crippen LogP contribution >= 0.6 is 23.3 Å². The van der Waals surface area contributed by atoms with Crippen LogP contribution in [0.4, 0.5) is 5.13 Å². The molecule has 1 saturated carbocycles. The van der Waals surface area contributed by atoms with Gasteiger partial charge in [0.2, 0.25) is 17.6 Å². The monoisotopic (exact) mass is 524 g/mol. The number of rotatable bonds is 8. The third-order valence-corrected chi connectivity index (χ3v) is 7.42. The van der Waals surface area contributed by atoms with E-state index in [1.54, 1.807) is 0 Å². The molecule has 3 atom stereocenters. The number of carboxylic acids is 1. The van der Waals surface area contributed by atoms with Gasteiger partial charge in [-0.05, 0) is 38.7 Å². The van der Waals surface area contributed by atoms with E-state index in [9.17, 15) is 24.3 Å². The first kappa shape index (κ1) is 24.9. The van der Waals surface area contributed by atoms with Crippen molar-refractivity contribution in [2.24, 2.45) is 5.16 Å². The third kappa shape index (κ3) is 5.40. The van der Waals surface area contributed by atoms with Crippen LogP contribution in [0.1, 0.15) is 44.9 Å². The summed E-state index contributed by atoms with van der Waals surface area (Å²) in [6.45, 7) is 1.44. The molecule has 1 aromatic heterocycles. The smallest absolute Gasteiger partial charge is 0.352 e. The van der Waals surface area contributed by atoms with Crippen LogP contribution in [0.15, 0.2) is 16.9 Å². The van der Waals surface area contributed by atoms with Crippen LogP contribution in [0, 0.1) is 0 Å². The van der Waals surface area contributed by atoms with Gasteiger partial charge in [-0.1, -0.05) is 11.6 Å². The molecule has 35 heavy (non-hydrogen) atoms. The molecule has 188 valence electrons. The first-order valence-corrected chi connectivity index (χ1v) is 12.8. The first-order chi connectivity index (χ1) is 16.8. The molecule has 3 aliphatic rings. The number of nitrogens with zero attached hydrogens (tertiary/aromatic N) is 4. The zero-order chi connectivity index (χ0) is 25.1. The highest BCUT2D eigenvalue weighted by Gasteiger charge is 2.53. The number of ether oxygens (including phenoxy) is 1. The van der Waals surface area contributed by atoms with Gasteiger partial charge in [-0.2, -0.15) is 9.36 Å². The quantitative estimate of drug-likeness (QED) is 0.186. The fraction of sp³-hybridized carbons (Fsp3) is 0.550. The number of carbonyl (C=O) groups excluding carboxylic acids is 3. The maximum absolute atomic E-state index is 13.0. The second kappa shape index (κ2) is 10.6. The van der Waals surface area contributed by atoms with E-state index in [4.69, 9.17) is 15.3 Å². The van der Waals surface area contributed by atoms with E-state index in [2.05, 4.69) is 19.8 Å². The number of thioether (sulfide) groups is 1. The zero-order valence-electron chi connectivity index (χ0n) is 18.7. The number of β-lactam (4-membered cyclic amide) rings is 1. The lowest BCUT2D eigenvalue weighted by atomic mass is 9.98. The van der Waals surface area contributed by atoms with E-state index in [1.165, 1.54) is 24.8 Å². The van der Waals surface area contributed by atoms with E-state index in [0.29, 0.717) is 5.75 Å². The largest absolute Gasteiger partial charge is 0.477 e. The highest BCUT2D eigenvalue weighted by atomic mass is 32.2. The van der Waals surface area contributed by atoms with Crippen molar-refractivity contribution in [1.82, 2.24) is 19.6 Å². The van der Waals surface area contributed by atoms with Crippen LogP contribution in [-0.4, -0.2) is 78.2 Å². The Hall–Kier alpha value is -3.20. The van der Waals surface area contributed by atoms with Gasteiger partial charge in [0.05, 0.1) is 0 Å². The number of amides is 2. The number of anilines is 1. The first-order valence-electron chi connectivity index (χ1n) is 11.0. The van der Waals surface area contributed by atoms with Gasteiger partial charge in [0.1, 0.15) is 23.2 Å². The average molecular weight is 525 g/mol. The molecule has 0 spiro atoms. The number of aromatic nitrogens is 2. The zero-order valence-corrected chi connectivity index (χ0v) is 20.3. The van der Waals surface area contributed by atoms with Gasteiger partial charge in [0.25, 0.3) is 11.8 Å². The minimum Gasteiger partial charge on any atom is -0.477 e. The second-order valence-corrected chi connectivity index (χ2v) is 10.1. The van der Waals surface area contributed by atoms with Crippen molar-refractivity contribution in [3.63, 3.8) is 0 Å². The molecule has 4 rings (SSSR count). The molecule has 0 bridgehead atoms. The van der Waals surface area contributed by atoms with Crippen molar-refractivity contribution in [1.29, 1.82) is 0 Å². The Balaban J connectivity index is 1.44. The molecule has 13 nitrogen and oxygen atoms in total. The molecule has 2 unspecified atom stereocenters. The Morgan fingerprint density at radius 1 is 1.31 bits per heavy atom. The fourth-order valence-electron chi connectivity index (χ4n) is 3.88. The van der Waals surface area contributed by atoms with E-state index in [-0.39, 0.29) is 28.5 Å². The van der Waals surface area contributed by atoms with E-state index in [1.807, 2.05) is 0 Å². The summed E-state index contributed by atoms with van der Waals surface area (Å²) in [5, 5.41) is 15.1. The van der Waals surface area contributed by atoms with Gasteiger partial charge >= 0.3 is 11.9 Å². The lowest BCUT2D eigenvalue weighted by Gasteiger charge is -2.48. The molecule has 2 aliphatic heterocycles. The maximum Gasteiger partial charge on any atom is 0.352 e. The number of hydrogen-bond acceptors (Lipinski definition) is 12. The third-order valence-electron chi connectivity index (χ3n) is 5.69. The Labute approximate surface area is 208 Å². The standard InChI is InChI=1S/C20H24N6O7S2/c1-9(19(31)32-10-5-3-2-4-6-10)33-24-12(14-23-20(21)35-25-14)15(27)22-13-16(28)26-11(18(29)30)7-8-34-17(13)26/h7,9-10,13,17H,2-6,8H2,1H3,(H,22,27)(H,29,30)(H2,21,23,25)/t9?,13?,17-/m1/s1. The van der Waals surface area contributed by atoms with Crippen molar-refractivity contribution < 1.29 is 33.9 Å². The van der Waals surface area contributed by atoms with Crippen molar-refractivity contribution in [2.45, 2.75) is 62.7 Å². The minimum absolute atomic E-state index is 0.0789. The van der Waals surface area contributed by atoms with Gasteiger partial charge in [-0.15, -0.1) is 11.8 Å². The molecule has 1 aliphatic carbocycles. The summed E-state index contributed by atoms with van der Waals surface area (Å²) in [6, 6.07) is -0.981. The number of esters is 1. The highest BCUT2D eigenvalue weighted by molar-refractivity contribution is 8.00. The van der Waals surface area contributed by atoms with Crippen LogP contribution in [0.2, 0.25) is 0 Å². The summed E-state index contributed by atoms with van der Waals surface area (Å²) in [5.74, 6) is -3.00. The number of hydrogen-bond donors (Lipinski definition) is 3. The molecular weight excluding hydrogens is 500 g/mol. The van der Waals surface area contributed by atoms with Gasteiger partial charge in [0, 0.05) is 17.3 Å². The van der Waals surface area contributed by atoms with Gasteiger partial charge < -0.3 is 25.7 Å². The van der Waals surface area contributed by atoms with Gasteiger partial charge in [0.15, 0.2) is 5.13 Å². The molecule has 2 fully saturated rings. The molecule has 15 heteroatoms. The summed E-state index contributed by atoms with van der Waals surface area (Å²) in [4.78, 5) is 59.7. The summed E-state index contributed by atoms with van der Waals surface area (Å²) in [5.41, 5.74) is 5.13. The molecule has 2 amide bonds. The topological polar surface area (TPSA) is 186 Å². The molecular formula is C20H24N6O7S2. The van der Waals surface area contributed by atoms with Crippen LogP contribution < -0.4 is 11.1 Å². The number of aliphatic carboxylic acids is 1. The fourth-order valence-corrected chi connectivity index (χ4v) is 5.51. The number of carboxylic acid groups (broad SMARTS) is 1. The summed E-state index contributed by atoms with van der Waals surface area (Å²) < 4.78 is 9.43. The average Bonchev–Trinajstić information content (AvgIpc) is 3.28. The number of oxime groups is 1. The van der Waals surface area contributed by atoms with E-state index in [0.717, 1.165) is 48.5 Å². The lowest BCUT2D eigenvalue weighted by molar-refractivity contribution is -0.163. The number of nitrogens with two attached hydrogens (primary N) is 1. The highest BCUT2D eigenvalue weighted by Crippen LogP contribution is 2.37. The normalized spacial score (nSPS) is 23.5. The SMILES string of the molecule is CC(ON=C(C(=O)NC1C(=O)N2C(C(=O)O)=CCS[C@H]12)c1nsc(N)n1)C(=O)OC1CCCCC1. The van der Waals surface area contributed by atoms with Gasteiger partial charge in [-0.25, -0.2) is 9.59 Å². The van der Waals surface area contributed by atoms with Crippen LogP contribution in [0.5, 0.6) is 0 Å². The summed E-state index contributed by atoms with van der Waals surface area (Å²) in [7, 11) is 0. The molecule has 1 saturated heterocycles. The second-order valence-electron chi connectivity index (χ2n) is 8.12. The predicted octanol–water partition coefficient (Wildman–Crippen LogP) is 0.474. The number of fused-ring (bicyclic) bond motifs is 1. The summed E-state index contributed by atoms with van der Waals surface area (Å²) >= 11 is 2.14.